The van der Waals surface area contributed by atoms with Crippen molar-refractivity contribution in [3.05, 3.63) is 80.5 Å². The summed E-state index contributed by atoms with van der Waals surface area (Å²) < 4.78 is 41.3. The number of benzene rings is 2. The van der Waals surface area contributed by atoms with Crippen molar-refractivity contribution in [3.8, 4) is 0 Å². The van der Waals surface area contributed by atoms with Crippen LogP contribution in [0.2, 0.25) is 10.0 Å². The molecular formula is C23H19Cl2F3N2O3. The molecule has 1 saturated carbocycles. The molecule has 1 fully saturated rings. The topological polar surface area (TPSA) is 69.6 Å². The van der Waals surface area contributed by atoms with Gasteiger partial charge in [-0.15, -0.1) is 0 Å². The van der Waals surface area contributed by atoms with E-state index in [1.807, 2.05) is 0 Å². The third-order valence-corrected chi connectivity index (χ3v) is 6.07. The van der Waals surface area contributed by atoms with Crippen molar-refractivity contribution in [3.63, 3.8) is 0 Å². The number of rotatable bonds is 6. The number of halogens is 5. The van der Waals surface area contributed by atoms with Crippen molar-refractivity contribution in [1.82, 2.24) is 10.2 Å². The molecule has 1 unspecified atom stereocenters. The van der Waals surface area contributed by atoms with Gasteiger partial charge in [-0.3, -0.25) is 9.59 Å². The second-order valence-corrected chi connectivity index (χ2v) is 8.98. The first-order chi connectivity index (χ1) is 15.6. The van der Waals surface area contributed by atoms with Crippen LogP contribution in [-0.4, -0.2) is 28.4 Å². The lowest BCUT2D eigenvalue weighted by molar-refractivity contribution is -0.140. The highest BCUT2D eigenvalue weighted by molar-refractivity contribution is 6.34. The molecule has 33 heavy (non-hydrogen) atoms. The molecule has 1 aliphatic carbocycles. The van der Waals surface area contributed by atoms with Crippen molar-refractivity contribution in [1.29, 1.82) is 0 Å². The van der Waals surface area contributed by atoms with E-state index in [4.69, 9.17) is 23.2 Å². The predicted molar refractivity (Wildman–Crippen MR) is 117 cm³/mol. The highest BCUT2D eigenvalue weighted by atomic mass is 35.5. The molecule has 1 heterocycles. The molecule has 2 amide bonds. The maximum atomic E-state index is 13.8. The lowest BCUT2D eigenvalue weighted by Crippen LogP contribution is -2.35. The van der Waals surface area contributed by atoms with Gasteiger partial charge < -0.3 is 15.3 Å². The molecule has 0 bridgehead atoms. The highest BCUT2D eigenvalue weighted by Crippen LogP contribution is 2.45. The number of nitrogens with one attached hydrogen (secondary N) is 1. The van der Waals surface area contributed by atoms with Crippen molar-refractivity contribution in [2.45, 2.75) is 31.6 Å². The van der Waals surface area contributed by atoms with Crippen LogP contribution in [0.3, 0.4) is 0 Å². The van der Waals surface area contributed by atoms with Crippen LogP contribution in [-0.2, 0) is 22.3 Å². The Morgan fingerprint density at radius 2 is 1.76 bits per heavy atom. The van der Waals surface area contributed by atoms with Gasteiger partial charge in [0.15, 0.2) is 5.76 Å². The molecule has 4 rings (SSSR count). The third kappa shape index (κ3) is 4.96. The molecule has 0 radical (unpaired) electrons. The van der Waals surface area contributed by atoms with Crippen molar-refractivity contribution in [2.75, 3.05) is 6.54 Å². The number of aliphatic hydroxyl groups is 1. The lowest BCUT2D eigenvalue weighted by atomic mass is 9.93. The highest BCUT2D eigenvalue weighted by Gasteiger charge is 2.48. The minimum absolute atomic E-state index is 0.0552. The van der Waals surface area contributed by atoms with Crippen LogP contribution >= 0.6 is 23.2 Å². The van der Waals surface area contributed by atoms with Gasteiger partial charge in [-0.25, -0.2) is 0 Å². The molecule has 1 aliphatic heterocycles. The van der Waals surface area contributed by atoms with Crippen LogP contribution in [0.25, 0.3) is 0 Å². The average molecular weight is 499 g/mol. The Morgan fingerprint density at radius 1 is 1.12 bits per heavy atom. The summed E-state index contributed by atoms with van der Waals surface area (Å²) in [5, 5.41) is 13.8. The summed E-state index contributed by atoms with van der Waals surface area (Å²) in [6.45, 7) is 0.0980. The first kappa shape index (κ1) is 23.4. The van der Waals surface area contributed by atoms with Gasteiger partial charge in [0.25, 0.3) is 11.8 Å². The third-order valence-electron chi connectivity index (χ3n) is 5.64. The number of carbonyl (C=O) groups is 2. The van der Waals surface area contributed by atoms with Crippen molar-refractivity contribution < 1.29 is 27.9 Å². The van der Waals surface area contributed by atoms with Crippen LogP contribution < -0.4 is 5.32 Å². The molecule has 2 aromatic rings. The maximum absolute atomic E-state index is 13.8. The maximum Gasteiger partial charge on any atom is 0.416 e. The number of carbonyl (C=O) groups excluding carboxylic acids is 2. The quantitative estimate of drug-likeness (QED) is 0.557. The van der Waals surface area contributed by atoms with Crippen LogP contribution in [0.1, 0.15) is 35.6 Å². The fourth-order valence-electron chi connectivity index (χ4n) is 3.96. The second-order valence-electron chi connectivity index (χ2n) is 8.11. The molecule has 0 saturated heterocycles. The molecule has 0 aromatic heterocycles. The van der Waals surface area contributed by atoms with Gasteiger partial charge in [0.05, 0.1) is 17.2 Å². The van der Waals surface area contributed by atoms with E-state index in [9.17, 15) is 27.9 Å². The number of hydrogen-bond acceptors (Lipinski definition) is 3. The molecule has 0 spiro atoms. The average Bonchev–Trinajstić information content (AvgIpc) is 3.52. The van der Waals surface area contributed by atoms with Crippen LogP contribution in [0.4, 0.5) is 13.2 Å². The molecule has 2 N–H and O–H groups in total. The normalized spacial score (nSPS) is 18.8. The zero-order chi connectivity index (χ0) is 23.9. The standard InChI is InChI=1S/C23H19Cl2F3N2O3/c24-14-7-13(8-15(25)9-14)10-29-21(32)18-19(16-3-1-2-4-17(16)23(26,27)28)30(11-12-5-6-12)22(33)20(18)31/h1-4,7-9,12,19,31H,5-6,10-11H2,(H,29,32). The number of hydrogen-bond donors (Lipinski definition) is 2. The van der Waals surface area contributed by atoms with Crippen LogP contribution in [0, 0.1) is 5.92 Å². The minimum Gasteiger partial charge on any atom is -0.503 e. The van der Waals surface area contributed by atoms with Crippen molar-refractivity contribution in [2.24, 2.45) is 5.92 Å². The van der Waals surface area contributed by atoms with Gasteiger partial charge in [0.1, 0.15) is 0 Å². The number of nitrogens with zero attached hydrogens (tertiary/aromatic N) is 1. The van der Waals surface area contributed by atoms with Gasteiger partial charge in [0, 0.05) is 23.1 Å². The fourth-order valence-corrected chi connectivity index (χ4v) is 4.53. The largest absolute Gasteiger partial charge is 0.503 e. The van der Waals surface area contributed by atoms with Gasteiger partial charge in [-0.1, -0.05) is 41.4 Å². The molecule has 2 aromatic carbocycles. The number of amides is 2. The summed E-state index contributed by atoms with van der Waals surface area (Å²) in [4.78, 5) is 27.1. The molecule has 1 atom stereocenters. The zero-order valence-electron chi connectivity index (χ0n) is 17.1. The van der Waals surface area contributed by atoms with E-state index in [1.165, 1.54) is 24.3 Å². The van der Waals surface area contributed by atoms with E-state index in [0.29, 0.717) is 15.6 Å². The number of aliphatic hydroxyl groups excluding tert-OH is 1. The van der Waals surface area contributed by atoms with Crippen LogP contribution in [0.15, 0.2) is 53.8 Å². The Bertz CT molecular complexity index is 1130. The van der Waals surface area contributed by atoms with Gasteiger partial charge >= 0.3 is 6.18 Å². The van der Waals surface area contributed by atoms with E-state index in [2.05, 4.69) is 5.32 Å². The Morgan fingerprint density at radius 3 is 2.36 bits per heavy atom. The Balaban J connectivity index is 1.70. The van der Waals surface area contributed by atoms with Crippen molar-refractivity contribution >= 4 is 35.0 Å². The summed E-state index contributed by atoms with van der Waals surface area (Å²) in [7, 11) is 0. The number of alkyl halides is 3. The summed E-state index contributed by atoms with van der Waals surface area (Å²) in [6, 6.07) is 8.05. The minimum atomic E-state index is -4.71. The molecule has 2 aliphatic rings. The molecular weight excluding hydrogens is 480 g/mol. The summed E-state index contributed by atoms with van der Waals surface area (Å²) in [5.74, 6) is -2.44. The summed E-state index contributed by atoms with van der Waals surface area (Å²) >= 11 is 11.9. The summed E-state index contributed by atoms with van der Waals surface area (Å²) in [6.07, 6.45) is -3.05. The first-order valence-electron chi connectivity index (χ1n) is 10.2. The van der Waals surface area contributed by atoms with Gasteiger partial charge in [0.2, 0.25) is 0 Å². The van der Waals surface area contributed by atoms with E-state index in [1.54, 1.807) is 12.1 Å². The monoisotopic (exact) mass is 498 g/mol. The smallest absolute Gasteiger partial charge is 0.416 e. The van der Waals surface area contributed by atoms with Crippen LogP contribution in [0.5, 0.6) is 0 Å². The molecule has 174 valence electrons. The van der Waals surface area contributed by atoms with Gasteiger partial charge in [-0.2, -0.15) is 13.2 Å². The SMILES string of the molecule is O=C(NCc1cc(Cl)cc(Cl)c1)C1=C(O)C(=O)N(CC2CC2)C1c1ccccc1C(F)(F)F. The van der Waals surface area contributed by atoms with E-state index < -0.39 is 40.9 Å². The van der Waals surface area contributed by atoms with E-state index in [-0.39, 0.29) is 24.6 Å². The summed E-state index contributed by atoms with van der Waals surface area (Å²) in [5.41, 5.74) is -1.10. The van der Waals surface area contributed by atoms with E-state index in [0.717, 1.165) is 23.8 Å². The zero-order valence-corrected chi connectivity index (χ0v) is 18.6. The Kier molecular flexibility index (Phi) is 6.33. The second kappa shape index (κ2) is 8.91. The van der Waals surface area contributed by atoms with Gasteiger partial charge in [-0.05, 0) is 54.2 Å². The Labute approximate surface area is 197 Å². The van der Waals surface area contributed by atoms with E-state index >= 15 is 0 Å². The predicted octanol–water partition coefficient (Wildman–Crippen LogP) is 5.43. The lowest BCUT2D eigenvalue weighted by Gasteiger charge is -2.29. The molecule has 10 heteroatoms. The molecule has 5 nitrogen and oxygen atoms in total. The fraction of sp³-hybridized carbons (Fsp3) is 0.304. The first-order valence-corrected chi connectivity index (χ1v) is 10.9. The Hall–Kier alpha value is -2.71.